The second-order valence-electron chi connectivity index (χ2n) is 6.95. The fourth-order valence-corrected chi connectivity index (χ4v) is 5.98. The van der Waals surface area contributed by atoms with Gasteiger partial charge in [-0.3, -0.25) is 14.8 Å². The predicted molar refractivity (Wildman–Crippen MR) is 132 cm³/mol. The predicted octanol–water partition coefficient (Wildman–Crippen LogP) is 5.27. The number of sulfonamides is 1. The van der Waals surface area contributed by atoms with Crippen molar-refractivity contribution in [2.45, 2.75) is 4.90 Å². The van der Waals surface area contributed by atoms with Gasteiger partial charge in [0.15, 0.2) is 5.13 Å². The van der Waals surface area contributed by atoms with Crippen LogP contribution in [0.5, 0.6) is 0 Å². The van der Waals surface area contributed by atoms with Crippen LogP contribution in [0.4, 0.5) is 22.3 Å². The normalized spacial score (nSPS) is 11.4. The third-order valence-corrected chi connectivity index (χ3v) is 7.88. The van der Waals surface area contributed by atoms with E-state index in [1.54, 1.807) is 29.6 Å². The smallest absolute Gasteiger partial charge is 0.270 e. The Balaban J connectivity index is 1.46. The summed E-state index contributed by atoms with van der Waals surface area (Å²) in [5.74, 6) is 0.504. The second kappa shape index (κ2) is 8.78. The first-order valence-electron chi connectivity index (χ1n) is 9.67. The Hall–Kier alpha value is -3.94. The minimum Gasteiger partial charge on any atom is -0.340 e. The van der Waals surface area contributed by atoms with E-state index >= 15 is 0 Å². The van der Waals surface area contributed by atoms with Gasteiger partial charge in [-0.2, -0.15) is 0 Å². The molecular weight excluding hydrogens is 496 g/mol. The van der Waals surface area contributed by atoms with Crippen molar-refractivity contribution in [1.29, 1.82) is 0 Å². The van der Waals surface area contributed by atoms with Crippen LogP contribution in [-0.2, 0) is 10.0 Å². The van der Waals surface area contributed by atoms with E-state index in [0.29, 0.717) is 21.9 Å². The molecule has 3 heterocycles. The molecule has 3 aromatic heterocycles. The summed E-state index contributed by atoms with van der Waals surface area (Å²) in [6.07, 6.45) is 2.94. The molecule has 2 N–H and O–H groups in total. The lowest BCUT2D eigenvalue weighted by Gasteiger charge is -2.10. The number of nitrogens with zero attached hydrogens (tertiary/aromatic N) is 4. The molecule has 0 aliphatic heterocycles. The van der Waals surface area contributed by atoms with E-state index in [1.165, 1.54) is 59.5 Å². The van der Waals surface area contributed by atoms with Crippen molar-refractivity contribution < 1.29 is 13.3 Å². The van der Waals surface area contributed by atoms with Crippen LogP contribution in [0.15, 0.2) is 76.7 Å². The number of hydrogen-bond acceptors (Lipinski definition) is 10. The molecule has 0 spiro atoms. The number of hydrogen-bond donors (Lipinski definition) is 2. The highest BCUT2D eigenvalue weighted by Gasteiger charge is 2.17. The van der Waals surface area contributed by atoms with Gasteiger partial charge in [-0.05, 0) is 29.8 Å². The number of aromatic nitrogens is 3. The van der Waals surface area contributed by atoms with Crippen LogP contribution in [0.2, 0.25) is 0 Å². The highest BCUT2D eigenvalue weighted by atomic mass is 32.2. The fourth-order valence-electron chi connectivity index (χ4n) is 3.27. The maximum absolute atomic E-state index is 12.6. The van der Waals surface area contributed by atoms with Gasteiger partial charge in [-0.1, -0.05) is 12.1 Å². The largest absolute Gasteiger partial charge is 0.340 e. The molecule has 0 aliphatic carbocycles. The number of non-ortho nitro benzene ring substituents is 1. The zero-order chi connectivity index (χ0) is 23.7. The van der Waals surface area contributed by atoms with Crippen molar-refractivity contribution in [2.75, 3.05) is 10.0 Å². The third-order valence-electron chi connectivity index (χ3n) is 4.82. The Morgan fingerprint density at radius 2 is 1.82 bits per heavy atom. The van der Waals surface area contributed by atoms with Crippen molar-refractivity contribution in [2.24, 2.45) is 0 Å². The van der Waals surface area contributed by atoms with Crippen LogP contribution in [0.25, 0.3) is 21.3 Å². The SMILES string of the molecule is O=[N+]([O-])c1cccc(-c2csc3ncnc(Nc4ccc(S(=O)(=O)Nc5nccs5)cc4)c23)c1. The lowest BCUT2D eigenvalue weighted by atomic mass is 10.1. The molecule has 0 unspecified atom stereocenters. The van der Waals surface area contributed by atoms with Gasteiger partial charge in [0.05, 0.1) is 15.2 Å². The standard InChI is InChI=1S/C21H14N6O4S3/c28-27(29)15-3-1-2-13(10-15)17-11-33-20-18(17)19(23-12-24-20)25-14-4-6-16(7-5-14)34(30,31)26-21-22-8-9-32-21/h1-12H,(H,22,26)(H,23,24,25). The highest BCUT2D eigenvalue weighted by molar-refractivity contribution is 7.93. The summed E-state index contributed by atoms with van der Waals surface area (Å²) in [5, 5.41) is 19.0. The second-order valence-corrected chi connectivity index (χ2v) is 10.4. The summed E-state index contributed by atoms with van der Waals surface area (Å²) in [7, 11) is -3.76. The van der Waals surface area contributed by atoms with Crippen molar-refractivity contribution >= 4 is 65.2 Å². The summed E-state index contributed by atoms with van der Waals surface area (Å²) < 4.78 is 27.5. The number of thiazole rings is 1. The summed E-state index contributed by atoms with van der Waals surface area (Å²) in [5.41, 5.74) is 2.04. The van der Waals surface area contributed by atoms with Gasteiger partial charge in [-0.25, -0.2) is 23.4 Å². The number of anilines is 3. The Labute approximate surface area is 201 Å². The quantitative estimate of drug-likeness (QED) is 0.223. The molecule has 0 atom stereocenters. The summed E-state index contributed by atoms with van der Waals surface area (Å²) in [6, 6.07) is 12.6. The van der Waals surface area contributed by atoms with Gasteiger partial charge in [0.2, 0.25) is 0 Å². The molecule has 0 fully saturated rings. The maximum Gasteiger partial charge on any atom is 0.270 e. The molecule has 34 heavy (non-hydrogen) atoms. The number of rotatable bonds is 7. The molecule has 5 rings (SSSR count). The van der Waals surface area contributed by atoms with Crippen LogP contribution in [0.3, 0.4) is 0 Å². The average Bonchev–Trinajstić information content (AvgIpc) is 3.50. The summed E-state index contributed by atoms with van der Waals surface area (Å²) in [6.45, 7) is 0. The van der Waals surface area contributed by atoms with E-state index in [1.807, 2.05) is 5.38 Å². The van der Waals surface area contributed by atoms with Crippen molar-refractivity contribution in [1.82, 2.24) is 15.0 Å². The van der Waals surface area contributed by atoms with Gasteiger partial charge in [0.25, 0.3) is 15.7 Å². The number of benzene rings is 2. The minimum atomic E-state index is -3.76. The Morgan fingerprint density at radius 3 is 2.56 bits per heavy atom. The monoisotopic (exact) mass is 510 g/mol. The topological polar surface area (TPSA) is 140 Å². The van der Waals surface area contributed by atoms with E-state index in [4.69, 9.17) is 0 Å². The molecule has 13 heteroatoms. The van der Waals surface area contributed by atoms with E-state index in [9.17, 15) is 18.5 Å². The molecule has 0 saturated heterocycles. The average molecular weight is 511 g/mol. The van der Waals surface area contributed by atoms with Crippen LogP contribution in [0.1, 0.15) is 0 Å². The summed E-state index contributed by atoms with van der Waals surface area (Å²) in [4.78, 5) is 24.2. The fraction of sp³-hybridized carbons (Fsp3) is 0. The van der Waals surface area contributed by atoms with Gasteiger partial charge >= 0.3 is 0 Å². The zero-order valence-corrected chi connectivity index (χ0v) is 19.5. The van der Waals surface area contributed by atoms with E-state index in [0.717, 1.165) is 10.9 Å². The Bertz CT molecular complexity index is 1600. The Morgan fingerprint density at radius 1 is 1.00 bits per heavy atom. The number of thiophene rings is 1. The number of nitrogens with one attached hydrogen (secondary N) is 2. The van der Waals surface area contributed by atoms with E-state index in [2.05, 4.69) is 25.0 Å². The molecule has 10 nitrogen and oxygen atoms in total. The van der Waals surface area contributed by atoms with Crippen LogP contribution in [0, 0.1) is 10.1 Å². The van der Waals surface area contributed by atoms with Crippen LogP contribution in [-0.4, -0.2) is 28.3 Å². The molecule has 0 amide bonds. The molecule has 0 radical (unpaired) electrons. The maximum atomic E-state index is 12.6. The first-order chi connectivity index (χ1) is 16.4. The van der Waals surface area contributed by atoms with Gasteiger partial charge in [-0.15, -0.1) is 22.7 Å². The molecule has 2 aromatic carbocycles. The minimum absolute atomic E-state index is 0.00800. The van der Waals surface area contributed by atoms with E-state index in [-0.39, 0.29) is 15.7 Å². The lowest BCUT2D eigenvalue weighted by Crippen LogP contribution is -2.12. The van der Waals surface area contributed by atoms with Gasteiger partial charge in [0.1, 0.15) is 17.0 Å². The molecule has 170 valence electrons. The highest BCUT2D eigenvalue weighted by Crippen LogP contribution is 2.38. The summed E-state index contributed by atoms with van der Waals surface area (Å²) >= 11 is 2.59. The van der Waals surface area contributed by atoms with Gasteiger partial charge in [0, 0.05) is 40.3 Å². The molecular formula is C21H14N6O4S3. The molecule has 5 aromatic rings. The van der Waals surface area contributed by atoms with Crippen molar-refractivity contribution in [3.8, 4) is 11.1 Å². The number of fused-ring (bicyclic) bond motifs is 1. The lowest BCUT2D eigenvalue weighted by molar-refractivity contribution is -0.384. The number of nitro groups is 1. The van der Waals surface area contributed by atoms with Crippen LogP contribution >= 0.6 is 22.7 Å². The van der Waals surface area contributed by atoms with Crippen LogP contribution < -0.4 is 10.0 Å². The van der Waals surface area contributed by atoms with E-state index < -0.39 is 14.9 Å². The third kappa shape index (κ3) is 4.31. The van der Waals surface area contributed by atoms with Gasteiger partial charge < -0.3 is 5.32 Å². The number of nitro benzene ring substituents is 1. The molecule has 0 aliphatic rings. The zero-order valence-electron chi connectivity index (χ0n) is 17.1. The molecule has 0 bridgehead atoms. The van der Waals surface area contributed by atoms with Crippen molar-refractivity contribution in [3.05, 3.63) is 81.9 Å². The first-order valence-corrected chi connectivity index (χ1v) is 12.9. The Kier molecular flexibility index (Phi) is 5.65. The first kappa shape index (κ1) is 21.9. The van der Waals surface area contributed by atoms with Crippen molar-refractivity contribution in [3.63, 3.8) is 0 Å². The molecule has 0 saturated carbocycles.